The molecule has 0 saturated carbocycles. The highest BCUT2D eigenvalue weighted by atomic mass is 35.5. The van der Waals surface area contributed by atoms with Crippen LogP contribution in [0.3, 0.4) is 0 Å². The van der Waals surface area contributed by atoms with Gasteiger partial charge in [0.2, 0.25) is 0 Å². The van der Waals surface area contributed by atoms with Crippen molar-refractivity contribution in [2.75, 3.05) is 0 Å². The highest BCUT2D eigenvalue weighted by Crippen LogP contribution is 2.22. The summed E-state index contributed by atoms with van der Waals surface area (Å²) >= 11 is 5.90. The van der Waals surface area contributed by atoms with Gasteiger partial charge in [-0.15, -0.1) is 0 Å². The Balaban J connectivity index is 1.89. The molecule has 0 saturated heterocycles. The molecule has 0 aliphatic heterocycles. The molecule has 1 radical (unpaired) electrons. The molecule has 0 unspecified atom stereocenters. The van der Waals surface area contributed by atoms with Crippen LogP contribution in [0.5, 0.6) is 0 Å². The number of halogens is 1. The van der Waals surface area contributed by atoms with Gasteiger partial charge < -0.3 is 0 Å². The van der Waals surface area contributed by atoms with Gasteiger partial charge in [-0.1, -0.05) is 41.9 Å². The van der Waals surface area contributed by atoms with Crippen LogP contribution in [0.4, 0.5) is 0 Å². The van der Waals surface area contributed by atoms with Gasteiger partial charge in [-0.2, -0.15) is 5.10 Å². The third-order valence-corrected chi connectivity index (χ3v) is 3.03. The Bertz CT molecular complexity index is 660. The van der Waals surface area contributed by atoms with E-state index in [0.29, 0.717) is 0 Å². The van der Waals surface area contributed by atoms with E-state index in [9.17, 15) is 0 Å². The smallest absolute Gasteiger partial charge is 0.137 e. The van der Waals surface area contributed by atoms with Crippen molar-refractivity contribution in [1.82, 2.24) is 14.8 Å². The summed E-state index contributed by atoms with van der Waals surface area (Å²) < 4.78 is 1.68. The molecule has 0 amide bonds. The van der Waals surface area contributed by atoms with Crippen LogP contribution in [0.15, 0.2) is 61.2 Å². The quantitative estimate of drug-likeness (QED) is 0.726. The van der Waals surface area contributed by atoms with Gasteiger partial charge in [0.05, 0.1) is 0 Å². The molecule has 0 bridgehead atoms. The maximum atomic E-state index is 5.90. The zero-order valence-corrected chi connectivity index (χ0v) is 10.8. The number of hydrogen-bond acceptors (Lipinski definition) is 2. The first-order valence-corrected chi connectivity index (χ1v) is 6.24. The minimum absolute atomic E-state index is 0.745. The van der Waals surface area contributed by atoms with Crippen molar-refractivity contribution in [3.8, 4) is 11.1 Å². The van der Waals surface area contributed by atoms with E-state index in [4.69, 9.17) is 11.6 Å². The van der Waals surface area contributed by atoms with Gasteiger partial charge in [0.25, 0.3) is 0 Å². The second kappa shape index (κ2) is 5.24. The molecule has 0 spiro atoms. The summed E-state index contributed by atoms with van der Waals surface area (Å²) in [6.45, 7) is 1.92. The van der Waals surface area contributed by atoms with Crippen molar-refractivity contribution >= 4 is 11.6 Å². The van der Waals surface area contributed by atoms with E-state index in [0.717, 1.165) is 21.7 Å². The Morgan fingerprint density at radius 2 is 1.84 bits per heavy atom. The number of rotatable bonds is 3. The molecule has 3 nitrogen and oxygen atoms in total. The van der Waals surface area contributed by atoms with E-state index in [-0.39, 0.29) is 0 Å². The van der Waals surface area contributed by atoms with Crippen LogP contribution in [-0.2, 0) is 0 Å². The van der Waals surface area contributed by atoms with Gasteiger partial charge >= 0.3 is 0 Å². The Morgan fingerprint density at radius 1 is 1.00 bits per heavy atom. The molecule has 0 atom stereocenters. The van der Waals surface area contributed by atoms with Crippen molar-refractivity contribution in [3.63, 3.8) is 0 Å². The van der Waals surface area contributed by atoms with Crippen molar-refractivity contribution in [2.45, 2.75) is 0 Å². The van der Waals surface area contributed by atoms with Gasteiger partial charge in [-0.05, 0) is 34.9 Å². The van der Waals surface area contributed by atoms with Gasteiger partial charge in [-0.25, -0.2) is 9.67 Å². The molecular weight excluding hydrogens is 258 g/mol. The van der Waals surface area contributed by atoms with E-state index in [2.05, 4.69) is 22.2 Å². The van der Waals surface area contributed by atoms with Crippen LogP contribution in [0.25, 0.3) is 11.1 Å². The van der Waals surface area contributed by atoms with Crippen LogP contribution < -0.4 is 0 Å². The van der Waals surface area contributed by atoms with Crippen molar-refractivity contribution in [2.24, 2.45) is 0 Å². The fourth-order valence-electron chi connectivity index (χ4n) is 1.88. The van der Waals surface area contributed by atoms with Crippen LogP contribution in [-0.4, -0.2) is 14.8 Å². The molecule has 0 aliphatic rings. The summed E-state index contributed by atoms with van der Waals surface area (Å²) in [6, 6.07) is 16.0. The maximum absolute atomic E-state index is 5.90. The number of benzene rings is 2. The topological polar surface area (TPSA) is 30.7 Å². The lowest BCUT2D eigenvalue weighted by Crippen LogP contribution is -1.96. The lowest BCUT2D eigenvalue weighted by molar-refractivity contribution is 0.822. The average Bonchev–Trinajstić information content (AvgIpc) is 2.93. The normalized spacial score (nSPS) is 10.6. The molecule has 1 aromatic heterocycles. The average molecular weight is 269 g/mol. The van der Waals surface area contributed by atoms with Crippen molar-refractivity contribution in [1.29, 1.82) is 0 Å². The summed E-state index contributed by atoms with van der Waals surface area (Å²) in [5, 5.41) is 4.80. The number of aromatic nitrogens is 3. The monoisotopic (exact) mass is 268 g/mol. The van der Waals surface area contributed by atoms with Gasteiger partial charge in [0.15, 0.2) is 0 Å². The standard InChI is InChI=1S/C15H11ClN3/c16-15-6-4-13(5-7-15)14-3-1-2-12(8-14)9-19-11-17-10-18-19/h1-11H. The summed E-state index contributed by atoms with van der Waals surface area (Å²) in [6.07, 6.45) is 3.18. The first kappa shape index (κ1) is 11.9. The van der Waals surface area contributed by atoms with Crippen LogP contribution in [0.1, 0.15) is 5.56 Å². The van der Waals surface area contributed by atoms with Crippen LogP contribution in [0, 0.1) is 6.54 Å². The van der Waals surface area contributed by atoms with Gasteiger partial charge in [0, 0.05) is 5.02 Å². The van der Waals surface area contributed by atoms with E-state index < -0.39 is 0 Å². The third kappa shape index (κ3) is 2.83. The summed E-state index contributed by atoms with van der Waals surface area (Å²) in [5.41, 5.74) is 3.35. The van der Waals surface area contributed by atoms with E-state index in [1.807, 2.05) is 42.9 Å². The second-order valence-corrected chi connectivity index (χ2v) is 4.57. The van der Waals surface area contributed by atoms with Gasteiger partial charge in [0.1, 0.15) is 19.2 Å². The Labute approximate surface area is 116 Å². The molecular formula is C15H11ClN3. The molecule has 93 valence electrons. The first-order chi connectivity index (χ1) is 9.31. The fraction of sp³-hybridized carbons (Fsp3) is 0. The molecule has 2 aromatic carbocycles. The van der Waals surface area contributed by atoms with E-state index >= 15 is 0 Å². The molecule has 4 heteroatoms. The summed E-state index contributed by atoms with van der Waals surface area (Å²) in [5.74, 6) is 0. The lowest BCUT2D eigenvalue weighted by Gasteiger charge is -2.05. The molecule has 0 N–H and O–H groups in total. The Kier molecular flexibility index (Phi) is 3.29. The first-order valence-electron chi connectivity index (χ1n) is 5.86. The maximum Gasteiger partial charge on any atom is 0.137 e. The predicted molar refractivity (Wildman–Crippen MR) is 75.7 cm³/mol. The van der Waals surface area contributed by atoms with Gasteiger partial charge in [-0.3, -0.25) is 0 Å². The molecule has 3 aromatic rings. The highest BCUT2D eigenvalue weighted by molar-refractivity contribution is 6.30. The minimum Gasteiger partial charge on any atom is -0.243 e. The fourth-order valence-corrected chi connectivity index (χ4v) is 2.00. The molecule has 0 aliphatic carbocycles. The van der Waals surface area contributed by atoms with Crippen molar-refractivity contribution < 1.29 is 0 Å². The van der Waals surface area contributed by atoms with Crippen LogP contribution in [0.2, 0.25) is 5.02 Å². The zero-order valence-electron chi connectivity index (χ0n) is 10.1. The van der Waals surface area contributed by atoms with E-state index in [1.54, 1.807) is 11.0 Å². The minimum atomic E-state index is 0.745. The summed E-state index contributed by atoms with van der Waals surface area (Å²) in [7, 11) is 0. The largest absolute Gasteiger partial charge is 0.243 e. The lowest BCUT2D eigenvalue weighted by atomic mass is 10.0. The Morgan fingerprint density at radius 3 is 2.58 bits per heavy atom. The predicted octanol–water partition coefficient (Wildman–Crippen LogP) is 3.66. The molecule has 19 heavy (non-hydrogen) atoms. The molecule has 3 rings (SSSR count). The summed E-state index contributed by atoms with van der Waals surface area (Å²) in [4.78, 5) is 3.91. The van der Waals surface area contributed by atoms with Crippen LogP contribution >= 0.6 is 11.6 Å². The highest BCUT2D eigenvalue weighted by Gasteiger charge is 2.01. The Hall–Kier alpha value is -2.13. The van der Waals surface area contributed by atoms with Crippen molar-refractivity contribution in [3.05, 3.63) is 78.3 Å². The number of nitrogens with zero attached hydrogens (tertiary/aromatic N) is 3. The molecule has 1 heterocycles. The third-order valence-electron chi connectivity index (χ3n) is 2.78. The van der Waals surface area contributed by atoms with E-state index in [1.165, 1.54) is 6.33 Å². The zero-order chi connectivity index (χ0) is 13.1. The SMILES string of the molecule is Clc1ccc(-c2cccc([CH]n3cncn3)c2)cc1. The molecule has 0 fully saturated rings. The number of hydrogen-bond donors (Lipinski definition) is 0. The second-order valence-electron chi connectivity index (χ2n) is 4.14.